The van der Waals surface area contributed by atoms with Gasteiger partial charge in [0.2, 0.25) is 0 Å². The number of benzene rings is 2. The molecule has 3 aromatic rings. The van der Waals surface area contributed by atoms with Crippen LogP contribution >= 0.6 is 0 Å². The maximum atomic E-state index is 12.7. The zero-order valence-electron chi connectivity index (χ0n) is 14.9. The van der Waals surface area contributed by atoms with E-state index in [4.69, 9.17) is 0 Å². The van der Waals surface area contributed by atoms with Gasteiger partial charge in [0.05, 0.1) is 5.56 Å². The number of aromatic nitrogens is 2. The average Bonchev–Trinajstić information content (AvgIpc) is 2.61. The highest BCUT2D eigenvalue weighted by Crippen LogP contribution is 2.30. The Morgan fingerprint density at radius 2 is 1.52 bits per heavy atom. The van der Waals surface area contributed by atoms with E-state index in [1.807, 2.05) is 37.3 Å². The maximum Gasteiger partial charge on any atom is 0.416 e. The number of nitrogens with one attached hydrogen (secondary N) is 2. The second-order valence-electron chi connectivity index (χ2n) is 6.16. The van der Waals surface area contributed by atoms with Crippen molar-refractivity contribution in [3.8, 4) is 0 Å². The predicted octanol–water partition coefficient (Wildman–Crippen LogP) is 5.72. The zero-order chi connectivity index (χ0) is 19.4. The van der Waals surface area contributed by atoms with Crippen molar-refractivity contribution in [3.05, 3.63) is 77.6 Å². The summed E-state index contributed by atoms with van der Waals surface area (Å²) >= 11 is 0. The van der Waals surface area contributed by atoms with Crippen LogP contribution in [0.15, 0.2) is 60.7 Å². The molecule has 2 N–H and O–H groups in total. The fourth-order valence-electron chi connectivity index (χ4n) is 2.64. The summed E-state index contributed by atoms with van der Waals surface area (Å²) in [6, 6.07) is 16.5. The van der Waals surface area contributed by atoms with E-state index >= 15 is 0 Å². The summed E-state index contributed by atoms with van der Waals surface area (Å²) in [5.74, 6) is 1.69. The van der Waals surface area contributed by atoms with Gasteiger partial charge in [-0.15, -0.1) is 0 Å². The second kappa shape index (κ2) is 7.65. The van der Waals surface area contributed by atoms with Crippen LogP contribution in [0.1, 0.15) is 29.9 Å². The average molecular weight is 372 g/mol. The molecule has 4 nitrogen and oxygen atoms in total. The van der Waals surface area contributed by atoms with Crippen molar-refractivity contribution in [1.82, 2.24) is 9.97 Å². The zero-order valence-corrected chi connectivity index (χ0v) is 14.9. The Morgan fingerprint density at radius 3 is 2.15 bits per heavy atom. The van der Waals surface area contributed by atoms with Crippen LogP contribution in [0.4, 0.5) is 30.5 Å². The first-order valence-corrected chi connectivity index (χ1v) is 8.43. The molecule has 2 aromatic carbocycles. The van der Waals surface area contributed by atoms with Gasteiger partial charge >= 0.3 is 6.18 Å². The summed E-state index contributed by atoms with van der Waals surface area (Å²) in [6.07, 6.45) is -4.35. The summed E-state index contributed by atoms with van der Waals surface area (Å²) in [4.78, 5) is 8.67. The first-order chi connectivity index (χ1) is 12.8. The van der Waals surface area contributed by atoms with E-state index in [1.54, 1.807) is 13.0 Å². The molecule has 0 aliphatic carbocycles. The Bertz CT molecular complexity index is 893. The quantitative estimate of drug-likeness (QED) is 0.601. The highest BCUT2D eigenvalue weighted by molar-refractivity contribution is 5.59. The fourth-order valence-corrected chi connectivity index (χ4v) is 2.64. The molecule has 0 radical (unpaired) electrons. The van der Waals surface area contributed by atoms with Crippen LogP contribution in [0.25, 0.3) is 0 Å². The molecule has 0 aliphatic heterocycles. The third-order valence-electron chi connectivity index (χ3n) is 3.99. The Balaban J connectivity index is 1.75. The van der Waals surface area contributed by atoms with E-state index in [0.717, 1.165) is 17.7 Å². The summed E-state index contributed by atoms with van der Waals surface area (Å²) in [5, 5.41) is 6.33. The first kappa shape index (κ1) is 18.7. The van der Waals surface area contributed by atoms with E-state index in [1.165, 1.54) is 12.1 Å². The molecule has 0 saturated heterocycles. The highest BCUT2D eigenvalue weighted by atomic mass is 19.4. The van der Waals surface area contributed by atoms with Crippen LogP contribution in [0.2, 0.25) is 0 Å². The van der Waals surface area contributed by atoms with Gasteiger partial charge in [-0.2, -0.15) is 13.2 Å². The molecule has 0 bridgehead atoms. The van der Waals surface area contributed by atoms with E-state index in [-0.39, 0.29) is 6.04 Å². The largest absolute Gasteiger partial charge is 0.416 e. The van der Waals surface area contributed by atoms with Gasteiger partial charge in [-0.05, 0) is 43.7 Å². The Hall–Kier alpha value is -3.09. The Kier molecular flexibility index (Phi) is 5.30. The van der Waals surface area contributed by atoms with Crippen molar-refractivity contribution in [1.29, 1.82) is 0 Å². The molecule has 3 rings (SSSR count). The van der Waals surface area contributed by atoms with Crippen LogP contribution in [-0.2, 0) is 6.18 Å². The number of hydrogen-bond donors (Lipinski definition) is 2. The molecule has 1 unspecified atom stereocenters. The SMILES string of the molecule is Cc1nc(Nc2ccc(C(F)(F)F)cc2)cc(NC(C)c2ccccc2)n1. The Morgan fingerprint density at radius 1 is 0.889 bits per heavy atom. The second-order valence-corrected chi connectivity index (χ2v) is 6.16. The third-order valence-corrected chi connectivity index (χ3v) is 3.99. The van der Waals surface area contributed by atoms with E-state index < -0.39 is 11.7 Å². The molecule has 1 atom stereocenters. The standard InChI is InChI=1S/C20H19F3N4/c1-13(15-6-4-3-5-7-15)24-18-12-19(26-14(2)25-18)27-17-10-8-16(9-11-17)20(21,22)23/h3-13H,1-2H3,(H2,24,25,26,27). The molecule has 1 heterocycles. The summed E-state index contributed by atoms with van der Waals surface area (Å²) in [7, 11) is 0. The van der Waals surface area contributed by atoms with Gasteiger partial charge in [-0.3, -0.25) is 0 Å². The van der Waals surface area contributed by atoms with Gasteiger partial charge in [0.15, 0.2) is 0 Å². The summed E-state index contributed by atoms with van der Waals surface area (Å²) < 4.78 is 38.0. The van der Waals surface area contributed by atoms with E-state index in [2.05, 4.69) is 20.6 Å². The van der Waals surface area contributed by atoms with Crippen molar-refractivity contribution >= 4 is 17.3 Å². The van der Waals surface area contributed by atoms with Crippen LogP contribution in [0, 0.1) is 6.92 Å². The minimum absolute atomic E-state index is 0.0411. The molecule has 7 heteroatoms. The lowest BCUT2D eigenvalue weighted by atomic mass is 10.1. The normalized spacial score (nSPS) is 12.5. The lowest BCUT2D eigenvalue weighted by molar-refractivity contribution is -0.137. The minimum atomic E-state index is -4.35. The van der Waals surface area contributed by atoms with Crippen molar-refractivity contribution < 1.29 is 13.2 Å². The van der Waals surface area contributed by atoms with Gasteiger partial charge < -0.3 is 10.6 Å². The monoisotopic (exact) mass is 372 g/mol. The van der Waals surface area contributed by atoms with Gasteiger partial charge in [0.1, 0.15) is 17.5 Å². The van der Waals surface area contributed by atoms with E-state index in [9.17, 15) is 13.2 Å². The minimum Gasteiger partial charge on any atom is -0.363 e. The number of rotatable bonds is 5. The summed E-state index contributed by atoms with van der Waals surface area (Å²) in [6.45, 7) is 3.78. The van der Waals surface area contributed by atoms with E-state index in [0.29, 0.717) is 23.1 Å². The van der Waals surface area contributed by atoms with Crippen molar-refractivity contribution in [2.45, 2.75) is 26.1 Å². The lowest BCUT2D eigenvalue weighted by Gasteiger charge is -2.16. The Labute approximate surface area is 155 Å². The first-order valence-electron chi connectivity index (χ1n) is 8.43. The molecule has 1 aromatic heterocycles. The van der Waals surface area contributed by atoms with Crippen LogP contribution < -0.4 is 10.6 Å². The van der Waals surface area contributed by atoms with Gasteiger partial charge in [0.25, 0.3) is 0 Å². The van der Waals surface area contributed by atoms with Gasteiger partial charge in [-0.1, -0.05) is 30.3 Å². The van der Waals surface area contributed by atoms with Crippen LogP contribution in [0.5, 0.6) is 0 Å². The molecule has 140 valence electrons. The number of halogens is 3. The van der Waals surface area contributed by atoms with Crippen LogP contribution in [-0.4, -0.2) is 9.97 Å². The molecule has 27 heavy (non-hydrogen) atoms. The lowest BCUT2D eigenvalue weighted by Crippen LogP contribution is -2.09. The molecular weight excluding hydrogens is 353 g/mol. The van der Waals surface area contributed by atoms with Gasteiger partial charge in [0, 0.05) is 17.8 Å². The molecule has 0 amide bonds. The van der Waals surface area contributed by atoms with Crippen molar-refractivity contribution in [2.75, 3.05) is 10.6 Å². The topological polar surface area (TPSA) is 49.8 Å². The number of nitrogens with zero attached hydrogens (tertiary/aromatic N) is 2. The van der Waals surface area contributed by atoms with Gasteiger partial charge in [-0.25, -0.2) is 9.97 Å². The molecular formula is C20H19F3N4. The molecule has 0 fully saturated rings. The molecule has 0 spiro atoms. The molecule has 0 aliphatic rings. The predicted molar refractivity (Wildman–Crippen MR) is 100.0 cm³/mol. The fraction of sp³-hybridized carbons (Fsp3) is 0.200. The van der Waals surface area contributed by atoms with Crippen molar-refractivity contribution in [2.24, 2.45) is 0 Å². The van der Waals surface area contributed by atoms with Crippen LogP contribution in [0.3, 0.4) is 0 Å². The maximum absolute atomic E-state index is 12.7. The number of aryl methyl sites for hydroxylation is 1. The van der Waals surface area contributed by atoms with Crippen molar-refractivity contribution in [3.63, 3.8) is 0 Å². The molecule has 0 saturated carbocycles. The summed E-state index contributed by atoms with van der Waals surface area (Å²) in [5.41, 5.74) is 0.945. The third kappa shape index (κ3) is 4.97. The number of anilines is 3. The highest BCUT2D eigenvalue weighted by Gasteiger charge is 2.29. The number of alkyl halides is 3. The smallest absolute Gasteiger partial charge is 0.363 e. The number of hydrogen-bond acceptors (Lipinski definition) is 4.